The van der Waals surface area contributed by atoms with Gasteiger partial charge in [-0.05, 0) is 27.2 Å². The average molecular weight is 246 g/mol. The van der Waals surface area contributed by atoms with Crippen molar-refractivity contribution in [3.63, 3.8) is 0 Å². The first-order valence-electron chi connectivity index (χ1n) is 5.79. The van der Waals surface area contributed by atoms with E-state index in [4.69, 9.17) is 9.84 Å². The van der Waals surface area contributed by atoms with Crippen molar-refractivity contribution in [1.82, 2.24) is 10.6 Å². The van der Waals surface area contributed by atoms with Gasteiger partial charge in [-0.2, -0.15) is 0 Å². The molecule has 0 aliphatic heterocycles. The SMILES string of the molecule is CC(C)OCCCNC(=O)C(=O)NC[C@H](C)O. The number of hydrogen-bond donors (Lipinski definition) is 3. The number of hydrogen-bond acceptors (Lipinski definition) is 4. The molecule has 0 aliphatic rings. The van der Waals surface area contributed by atoms with E-state index in [9.17, 15) is 9.59 Å². The Morgan fingerprint density at radius 2 is 1.76 bits per heavy atom. The first kappa shape index (κ1) is 15.9. The van der Waals surface area contributed by atoms with E-state index in [-0.39, 0.29) is 12.6 Å². The Morgan fingerprint density at radius 3 is 2.29 bits per heavy atom. The number of amides is 2. The van der Waals surface area contributed by atoms with Gasteiger partial charge in [-0.15, -0.1) is 0 Å². The summed E-state index contributed by atoms with van der Waals surface area (Å²) in [7, 11) is 0. The van der Waals surface area contributed by atoms with E-state index in [2.05, 4.69) is 10.6 Å². The van der Waals surface area contributed by atoms with Crippen LogP contribution in [0.2, 0.25) is 0 Å². The first-order chi connectivity index (χ1) is 7.93. The molecule has 2 amide bonds. The number of aliphatic hydroxyl groups excluding tert-OH is 1. The van der Waals surface area contributed by atoms with Gasteiger partial charge in [0.1, 0.15) is 0 Å². The minimum atomic E-state index is -0.726. The quantitative estimate of drug-likeness (QED) is 0.414. The molecular formula is C11H22N2O4. The van der Waals surface area contributed by atoms with E-state index in [1.54, 1.807) is 0 Å². The molecule has 0 fully saturated rings. The van der Waals surface area contributed by atoms with Crippen LogP contribution in [0.3, 0.4) is 0 Å². The van der Waals surface area contributed by atoms with Crippen LogP contribution in [0.4, 0.5) is 0 Å². The van der Waals surface area contributed by atoms with Crippen LogP contribution < -0.4 is 10.6 Å². The number of carbonyl (C=O) groups excluding carboxylic acids is 2. The van der Waals surface area contributed by atoms with Crippen LogP contribution >= 0.6 is 0 Å². The van der Waals surface area contributed by atoms with E-state index in [0.717, 1.165) is 0 Å². The van der Waals surface area contributed by atoms with Gasteiger partial charge >= 0.3 is 11.8 Å². The highest BCUT2D eigenvalue weighted by Gasteiger charge is 2.12. The van der Waals surface area contributed by atoms with Gasteiger partial charge in [0.05, 0.1) is 12.2 Å². The van der Waals surface area contributed by atoms with Crippen molar-refractivity contribution in [3.05, 3.63) is 0 Å². The zero-order valence-electron chi connectivity index (χ0n) is 10.7. The molecule has 6 heteroatoms. The van der Waals surface area contributed by atoms with Crippen molar-refractivity contribution in [2.75, 3.05) is 19.7 Å². The first-order valence-corrected chi connectivity index (χ1v) is 5.79. The number of carbonyl (C=O) groups is 2. The lowest BCUT2D eigenvalue weighted by molar-refractivity contribution is -0.139. The normalized spacial score (nSPS) is 12.3. The van der Waals surface area contributed by atoms with Gasteiger partial charge in [-0.25, -0.2) is 0 Å². The Balaban J connectivity index is 3.54. The third-order valence-electron chi connectivity index (χ3n) is 1.82. The molecule has 1 atom stereocenters. The smallest absolute Gasteiger partial charge is 0.309 e. The summed E-state index contributed by atoms with van der Waals surface area (Å²) >= 11 is 0. The predicted octanol–water partition coefficient (Wildman–Crippen LogP) is -0.585. The summed E-state index contributed by atoms with van der Waals surface area (Å²) in [6.07, 6.45) is 0.166. The Morgan fingerprint density at radius 1 is 1.18 bits per heavy atom. The van der Waals surface area contributed by atoms with Crippen molar-refractivity contribution >= 4 is 11.8 Å². The van der Waals surface area contributed by atoms with Gasteiger partial charge in [-0.3, -0.25) is 9.59 Å². The van der Waals surface area contributed by atoms with E-state index >= 15 is 0 Å². The predicted molar refractivity (Wildman–Crippen MR) is 63.4 cm³/mol. The van der Waals surface area contributed by atoms with E-state index < -0.39 is 17.9 Å². The molecule has 0 spiro atoms. The minimum Gasteiger partial charge on any atom is -0.392 e. The van der Waals surface area contributed by atoms with Crippen molar-refractivity contribution in [2.24, 2.45) is 0 Å². The molecule has 0 aliphatic carbocycles. The Bertz CT molecular complexity index is 242. The zero-order chi connectivity index (χ0) is 13.3. The third kappa shape index (κ3) is 9.77. The molecule has 3 N–H and O–H groups in total. The van der Waals surface area contributed by atoms with Gasteiger partial charge in [0.2, 0.25) is 0 Å². The third-order valence-corrected chi connectivity index (χ3v) is 1.82. The van der Waals surface area contributed by atoms with Crippen LogP contribution in [-0.2, 0) is 14.3 Å². The molecule has 0 saturated heterocycles. The Labute approximate surface area is 102 Å². The van der Waals surface area contributed by atoms with Crippen LogP contribution in [0.5, 0.6) is 0 Å². The van der Waals surface area contributed by atoms with Crippen molar-refractivity contribution in [3.8, 4) is 0 Å². The molecule has 17 heavy (non-hydrogen) atoms. The second kappa shape index (κ2) is 8.95. The molecule has 100 valence electrons. The van der Waals surface area contributed by atoms with Gasteiger partial charge in [-0.1, -0.05) is 0 Å². The molecular weight excluding hydrogens is 224 g/mol. The monoisotopic (exact) mass is 246 g/mol. The van der Waals surface area contributed by atoms with Crippen molar-refractivity contribution < 1.29 is 19.4 Å². The van der Waals surface area contributed by atoms with E-state index in [1.807, 2.05) is 13.8 Å². The molecule has 0 saturated carbocycles. The molecule has 0 radical (unpaired) electrons. The standard InChI is InChI=1S/C11H22N2O4/c1-8(2)17-6-4-5-12-10(15)11(16)13-7-9(3)14/h8-9,14H,4-7H2,1-3H3,(H,12,15)(H,13,16)/t9-/m0/s1. The largest absolute Gasteiger partial charge is 0.392 e. The van der Waals surface area contributed by atoms with Crippen molar-refractivity contribution in [2.45, 2.75) is 39.4 Å². The summed E-state index contributed by atoms with van der Waals surface area (Å²) in [5.74, 6) is -1.41. The molecule has 0 heterocycles. The summed E-state index contributed by atoms with van der Waals surface area (Å²) < 4.78 is 5.28. The highest BCUT2D eigenvalue weighted by atomic mass is 16.5. The fourth-order valence-corrected chi connectivity index (χ4v) is 0.994. The maximum Gasteiger partial charge on any atom is 0.309 e. The van der Waals surface area contributed by atoms with E-state index in [0.29, 0.717) is 19.6 Å². The van der Waals surface area contributed by atoms with Crippen LogP contribution in [0.15, 0.2) is 0 Å². The number of rotatable bonds is 7. The van der Waals surface area contributed by atoms with Gasteiger partial charge in [0, 0.05) is 19.7 Å². The topological polar surface area (TPSA) is 87.7 Å². The zero-order valence-corrected chi connectivity index (χ0v) is 10.7. The summed E-state index contributed by atoms with van der Waals surface area (Å²) in [6, 6.07) is 0. The molecule has 0 aromatic rings. The lowest BCUT2D eigenvalue weighted by Gasteiger charge is -2.09. The average Bonchev–Trinajstić information content (AvgIpc) is 2.24. The summed E-state index contributed by atoms with van der Waals surface area (Å²) in [5, 5.41) is 13.7. The summed E-state index contributed by atoms with van der Waals surface area (Å²) in [6.45, 7) is 6.41. The molecule has 0 aromatic heterocycles. The van der Waals surface area contributed by atoms with Gasteiger partial charge < -0.3 is 20.5 Å². The van der Waals surface area contributed by atoms with Crippen LogP contribution in [0.25, 0.3) is 0 Å². The maximum atomic E-state index is 11.2. The summed E-state index contributed by atoms with van der Waals surface area (Å²) in [4.78, 5) is 22.4. The van der Waals surface area contributed by atoms with Gasteiger partial charge in [0.25, 0.3) is 0 Å². The lowest BCUT2D eigenvalue weighted by Crippen LogP contribution is -2.42. The minimum absolute atomic E-state index is 0.0721. The van der Waals surface area contributed by atoms with Crippen LogP contribution in [0, 0.1) is 0 Å². The molecule has 0 bridgehead atoms. The fourth-order valence-electron chi connectivity index (χ4n) is 0.994. The summed E-state index contributed by atoms with van der Waals surface area (Å²) in [5.41, 5.74) is 0. The highest BCUT2D eigenvalue weighted by molar-refractivity contribution is 6.35. The number of nitrogens with one attached hydrogen (secondary N) is 2. The second-order valence-electron chi connectivity index (χ2n) is 4.09. The lowest BCUT2D eigenvalue weighted by atomic mass is 10.4. The number of aliphatic hydroxyl groups is 1. The molecule has 0 rings (SSSR count). The maximum absolute atomic E-state index is 11.2. The second-order valence-corrected chi connectivity index (χ2v) is 4.09. The van der Waals surface area contributed by atoms with Gasteiger partial charge in [0.15, 0.2) is 0 Å². The van der Waals surface area contributed by atoms with Crippen molar-refractivity contribution in [1.29, 1.82) is 0 Å². The number of ether oxygens (including phenoxy) is 1. The highest BCUT2D eigenvalue weighted by Crippen LogP contribution is 1.89. The Kier molecular flexibility index (Phi) is 8.35. The molecule has 6 nitrogen and oxygen atoms in total. The van der Waals surface area contributed by atoms with Crippen LogP contribution in [0.1, 0.15) is 27.2 Å². The van der Waals surface area contributed by atoms with Crippen LogP contribution in [-0.4, -0.2) is 48.8 Å². The Hall–Kier alpha value is -1.14. The van der Waals surface area contributed by atoms with E-state index in [1.165, 1.54) is 6.92 Å². The molecule has 0 unspecified atom stereocenters. The fraction of sp³-hybridized carbons (Fsp3) is 0.818. The molecule has 0 aromatic carbocycles.